The molecule has 0 bridgehead atoms. The zero-order valence-electron chi connectivity index (χ0n) is 11.4. The quantitative estimate of drug-likeness (QED) is 0.913. The predicted molar refractivity (Wildman–Crippen MR) is 74.0 cm³/mol. The Morgan fingerprint density at radius 1 is 1.42 bits per heavy atom. The van der Waals surface area contributed by atoms with Gasteiger partial charge in [-0.05, 0) is 31.0 Å². The van der Waals surface area contributed by atoms with Crippen molar-refractivity contribution in [3.05, 3.63) is 35.3 Å². The molecule has 1 N–H and O–H groups in total. The van der Waals surface area contributed by atoms with Crippen molar-refractivity contribution >= 4 is 0 Å². The topological polar surface area (TPSA) is 61.7 Å². The summed E-state index contributed by atoms with van der Waals surface area (Å²) in [7, 11) is 1.66. The van der Waals surface area contributed by atoms with Crippen LogP contribution >= 0.6 is 0 Å². The molecule has 2 aromatic rings. The Bertz CT molecular complexity index is 623. The number of ether oxygens (including phenoxy) is 1. The van der Waals surface area contributed by atoms with Crippen LogP contribution in [-0.4, -0.2) is 17.1 Å². The van der Waals surface area contributed by atoms with E-state index in [1.54, 1.807) is 7.11 Å². The summed E-state index contributed by atoms with van der Waals surface area (Å²) in [6.45, 7) is 4.07. The second-order valence-electron chi connectivity index (χ2n) is 4.38. The number of nitriles is 1. The Morgan fingerprint density at radius 3 is 2.84 bits per heavy atom. The van der Waals surface area contributed by atoms with Gasteiger partial charge in [-0.15, -0.1) is 0 Å². The molecule has 0 saturated carbocycles. The summed E-state index contributed by atoms with van der Waals surface area (Å²) in [6, 6.07) is 8.22. The fourth-order valence-corrected chi connectivity index (χ4v) is 2.10. The number of hydrogen-bond acceptors (Lipinski definition) is 3. The van der Waals surface area contributed by atoms with Crippen molar-refractivity contribution in [3.8, 4) is 23.1 Å². The van der Waals surface area contributed by atoms with E-state index >= 15 is 0 Å². The fraction of sp³-hybridized carbons (Fsp3) is 0.333. The predicted octanol–water partition coefficient (Wildman–Crippen LogP) is 3.02. The van der Waals surface area contributed by atoms with E-state index in [1.165, 1.54) is 5.56 Å². The highest BCUT2D eigenvalue weighted by atomic mass is 16.5. The molecule has 0 aliphatic carbocycles. The molecular formula is C15H17N3O. The largest absolute Gasteiger partial charge is 0.496 e. The molecule has 1 heterocycles. The number of aromatic amines is 1. The van der Waals surface area contributed by atoms with Gasteiger partial charge in [-0.1, -0.05) is 13.0 Å². The number of benzene rings is 1. The van der Waals surface area contributed by atoms with E-state index in [2.05, 4.69) is 35.1 Å². The number of nitrogens with one attached hydrogen (secondary N) is 1. The maximum absolute atomic E-state index is 8.74. The van der Waals surface area contributed by atoms with Crippen LogP contribution in [-0.2, 0) is 12.8 Å². The second kappa shape index (κ2) is 5.57. The number of methoxy groups -OCH3 is 1. The Balaban J connectivity index is 2.53. The SMILES string of the molecule is CCc1ccc(OC)c(-c2nc(CC#N)[nH]c2C)c1. The first-order valence-corrected chi connectivity index (χ1v) is 6.29. The summed E-state index contributed by atoms with van der Waals surface area (Å²) in [4.78, 5) is 7.64. The molecule has 98 valence electrons. The molecule has 4 nitrogen and oxygen atoms in total. The summed E-state index contributed by atoms with van der Waals surface area (Å²) < 4.78 is 5.40. The van der Waals surface area contributed by atoms with E-state index in [1.807, 2.05) is 13.0 Å². The Kier molecular flexibility index (Phi) is 3.86. The molecule has 4 heteroatoms. The third kappa shape index (κ3) is 2.60. The van der Waals surface area contributed by atoms with Crippen LogP contribution in [0.3, 0.4) is 0 Å². The van der Waals surface area contributed by atoms with E-state index in [-0.39, 0.29) is 6.42 Å². The molecular weight excluding hydrogens is 238 g/mol. The van der Waals surface area contributed by atoms with Gasteiger partial charge in [0.25, 0.3) is 0 Å². The van der Waals surface area contributed by atoms with Gasteiger partial charge >= 0.3 is 0 Å². The minimum absolute atomic E-state index is 0.288. The first kappa shape index (κ1) is 13.2. The number of H-pyrrole nitrogens is 1. The summed E-state index contributed by atoms with van der Waals surface area (Å²) in [5.74, 6) is 1.49. The van der Waals surface area contributed by atoms with Crippen molar-refractivity contribution in [2.45, 2.75) is 26.7 Å². The van der Waals surface area contributed by atoms with Gasteiger partial charge in [0.1, 0.15) is 11.6 Å². The van der Waals surface area contributed by atoms with Crippen molar-refractivity contribution in [2.24, 2.45) is 0 Å². The Morgan fingerprint density at radius 2 is 2.21 bits per heavy atom. The zero-order valence-corrected chi connectivity index (χ0v) is 11.4. The normalized spacial score (nSPS) is 10.2. The Labute approximate surface area is 113 Å². The highest BCUT2D eigenvalue weighted by Gasteiger charge is 2.14. The van der Waals surface area contributed by atoms with Crippen molar-refractivity contribution in [3.63, 3.8) is 0 Å². The van der Waals surface area contributed by atoms with Crippen molar-refractivity contribution in [2.75, 3.05) is 7.11 Å². The maximum atomic E-state index is 8.74. The molecule has 0 unspecified atom stereocenters. The smallest absolute Gasteiger partial charge is 0.128 e. The van der Waals surface area contributed by atoms with Crippen LogP contribution in [0.2, 0.25) is 0 Å². The standard InChI is InChI=1S/C15H17N3O/c1-4-11-5-6-13(19-3)12(9-11)15-10(2)17-14(18-15)7-8-16/h5-6,9H,4,7H2,1-3H3,(H,17,18). The Hall–Kier alpha value is -2.28. The van der Waals surface area contributed by atoms with Crippen LogP contribution in [0.4, 0.5) is 0 Å². The minimum Gasteiger partial charge on any atom is -0.496 e. The summed E-state index contributed by atoms with van der Waals surface area (Å²) >= 11 is 0. The number of aromatic nitrogens is 2. The van der Waals surface area contributed by atoms with Gasteiger partial charge in [0.15, 0.2) is 0 Å². The molecule has 0 saturated heterocycles. The molecule has 0 atom stereocenters. The summed E-state index contributed by atoms with van der Waals surface area (Å²) in [5.41, 5.74) is 4.02. The van der Waals surface area contributed by atoms with Gasteiger partial charge in [0, 0.05) is 11.3 Å². The van der Waals surface area contributed by atoms with Crippen LogP contribution in [0, 0.1) is 18.3 Å². The van der Waals surface area contributed by atoms with Crippen LogP contribution in [0.1, 0.15) is 24.0 Å². The van der Waals surface area contributed by atoms with Gasteiger partial charge in [-0.3, -0.25) is 0 Å². The lowest BCUT2D eigenvalue weighted by Gasteiger charge is -2.09. The average molecular weight is 255 g/mol. The van der Waals surface area contributed by atoms with Gasteiger partial charge in [0.2, 0.25) is 0 Å². The average Bonchev–Trinajstić information content (AvgIpc) is 2.79. The number of imidazole rings is 1. The highest BCUT2D eigenvalue weighted by Crippen LogP contribution is 2.32. The first-order chi connectivity index (χ1) is 9.19. The molecule has 0 radical (unpaired) electrons. The van der Waals surface area contributed by atoms with E-state index in [0.717, 1.165) is 29.1 Å². The van der Waals surface area contributed by atoms with E-state index < -0.39 is 0 Å². The molecule has 0 amide bonds. The molecule has 0 aliphatic rings. The zero-order chi connectivity index (χ0) is 13.8. The summed E-state index contributed by atoms with van der Waals surface area (Å²) in [6.07, 6.45) is 1.25. The van der Waals surface area contributed by atoms with Crippen molar-refractivity contribution in [1.82, 2.24) is 9.97 Å². The van der Waals surface area contributed by atoms with E-state index in [9.17, 15) is 0 Å². The van der Waals surface area contributed by atoms with Crippen LogP contribution in [0.15, 0.2) is 18.2 Å². The maximum Gasteiger partial charge on any atom is 0.128 e. The number of aryl methyl sites for hydroxylation is 2. The third-order valence-electron chi connectivity index (χ3n) is 3.11. The number of hydrogen-bond donors (Lipinski definition) is 1. The van der Waals surface area contributed by atoms with Gasteiger partial charge in [-0.2, -0.15) is 5.26 Å². The van der Waals surface area contributed by atoms with Crippen LogP contribution in [0.25, 0.3) is 11.3 Å². The highest BCUT2D eigenvalue weighted by molar-refractivity contribution is 5.70. The number of rotatable bonds is 4. The van der Waals surface area contributed by atoms with E-state index in [4.69, 9.17) is 10.00 Å². The molecule has 1 aromatic carbocycles. The minimum atomic E-state index is 0.288. The molecule has 1 aromatic heterocycles. The van der Waals surface area contributed by atoms with Gasteiger partial charge < -0.3 is 9.72 Å². The van der Waals surface area contributed by atoms with Crippen molar-refractivity contribution < 1.29 is 4.74 Å². The van der Waals surface area contributed by atoms with Gasteiger partial charge in [0.05, 0.1) is 25.3 Å². The molecule has 2 rings (SSSR count). The fourth-order valence-electron chi connectivity index (χ4n) is 2.10. The summed E-state index contributed by atoms with van der Waals surface area (Å²) in [5, 5.41) is 8.74. The van der Waals surface area contributed by atoms with Crippen LogP contribution in [0.5, 0.6) is 5.75 Å². The lowest BCUT2D eigenvalue weighted by atomic mass is 10.0. The molecule has 0 fully saturated rings. The molecule has 0 aliphatic heterocycles. The lowest BCUT2D eigenvalue weighted by Crippen LogP contribution is -1.92. The van der Waals surface area contributed by atoms with Crippen molar-refractivity contribution in [1.29, 1.82) is 5.26 Å². The first-order valence-electron chi connectivity index (χ1n) is 6.29. The van der Waals surface area contributed by atoms with Crippen LogP contribution < -0.4 is 4.74 Å². The number of nitrogens with zero attached hydrogens (tertiary/aromatic N) is 2. The molecule has 0 spiro atoms. The monoisotopic (exact) mass is 255 g/mol. The van der Waals surface area contributed by atoms with Gasteiger partial charge in [-0.25, -0.2) is 4.98 Å². The van der Waals surface area contributed by atoms with E-state index in [0.29, 0.717) is 5.82 Å². The lowest BCUT2D eigenvalue weighted by molar-refractivity contribution is 0.416. The second-order valence-corrected chi connectivity index (χ2v) is 4.38. The molecule has 19 heavy (non-hydrogen) atoms. The third-order valence-corrected chi connectivity index (χ3v) is 3.11.